The van der Waals surface area contributed by atoms with Crippen LogP contribution in [0.2, 0.25) is 5.02 Å². The number of aromatic nitrogens is 5. The third kappa shape index (κ3) is 2.18. The predicted octanol–water partition coefficient (Wildman–Crippen LogP) is 2.71. The zero-order chi connectivity index (χ0) is 15.0. The quantitative estimate of drug-likeness (QED) is 0.788. The zero-order valence-electron chi connectivity index (χ0n) is 11.4. The Kier molecular flexibility index (Phi) is 3.20. The van der Waals surface area contributed by atoms with Crippen molar-refractivity contribution < 1.29 is 0 Å². The first kappa shape index (κ1) is 13.3. The summed E-state index contributed by atoms with van der Waals surface area (Å²) in [5, 5.41) is 20.0. The Morgan fingerprint density at radius 1 is 1.19 bits per heavy atom. The summed E-state index contributed by atoms with van der Waals surface area (Å²) in [4.78, 5) is 4.61. The fourth-order valence-electron chi connectivity index (χ4n) is 2.13. The summed E-state index contributed by atoms with van der Waals surface area (Å²) in [5.41, 5.74) is 3.20. The Balaban J connectivity index is 2.16. The summed E-state index contributed by atoms with van der Waals surface area (Å²) in [7, 11) is 1.92. The third-order valence-corrected chi connectivity index (χ3v) is 3.61. The molecule has 6 nitrogen and oxygen atoms in total. The van der Waals surface area contributed by atoms with E-state index in [1.54, 1.807) is 0 Å². The molecule has 104 valence electrons. The van der Waals surface area contributed by atoms with Crippen LogP contribution >= 0.6 is 11.6 Å². The van der Waals surface area contributed by atoms with Crippen molar-refractivity contribution in [1.82, 2.24) is 25.0 Å². The Labute approximate surface area is 126 Å². The van der Waals surface area contributed by atoms with Gasteiger partial charge in [-0.3, -0.25) is 0 Å². The van der Waals surface area contributed by atoms with Gasteiger partial charge < -0.3 is 4.57 Å². The topological polar surface area (TPSA) is 83.2 Å². The van der Waals surface area contributed by atoms with Crippen molar-refractivity contribution >= 4 is 11.6 Å². The number of rotatable bonds is 2. The van der Waals surface area contributed by atoms with Crippen LogP contribution in [0.3, 0.4) is 0 Å². The molecule has 0 aliphatic carbocycles. The smallest absolute Gasteiger partial charge is 0.192 e. The highest BCUT2D eigenvalue weighted by atomic mass is 35.5. The summed E-state index contributed by atoms with van der Waals surface area (Å²) in [6.07, 6.45) is 0. The van der Waals surface area contributed by atoms with Crippen LogP contribution in [-0.4, -0.2) is 25.0 Å². The number of hydrogen-bond acceptors (Lipinski definition) is 4. The van der Waals surface area contributed by atoms with Crippen LogP contribution < -0.4 is 0 Å². The first-order valence-electron chi connectivity index (χ1n) is 6.22. The summed E-state index contributed by atoms with van der Waals surface area (Å²) in [5.74, 6) is 0.783. The standard InChI is InChI=1S/C14H11ClN6/c1-8-12(13-11(7-16)18-20-19-13)17-14(21(8)2)9-3-5-10(15)6-4-9/h3-6H,1-2H3,(H,18,19,20). The van der Waals surface area contributed by atoms with Crippen LogP contribution in [0.15, 0.2) is 24.3 Å². The van der Waals surface area contributed by atoms with Gasteiger partial charge in [0.15, 0.2) is 11.4 Å². The lowest BCUT2D eigenvalue weighted by Crippen LogP contribution is -1.94. The number of halogens is 1. The van der Waals surface area contributed by atoms with Crippen LogP contribution in [0.1, 0.15) is 11.4 Å². The normalized spacial score (nSPS) is 10.6. The van der Waals surface area contributed by atoms with E-state index in [9.17, 15) is 0 Å². The van der Waals surface area contributed by atoms with Gasteiger partial charge in [-0.1, -0.05) is 11.6 Å². The molecule has 0 fully saturated rings. The third-order valence-electron chi connectivity index (χ3n) is 3.36. The number of imidazole rings is 1. The lowest BCUT2D eigenvalue weighted by molar-refractivity contribution is 0.884. The van der Waals surface area contributed by atoms with Gasteiger partial charge in [-0.2, -0.15) is 15.6 Å². The molecule has 3 rings (SSSR count). The molecule has 3 aromatic rings. The van der Waals surface area contributed by atoms with Crippen molar-refractivity contribution in [2.75, 3.05) is 0 Å². The van der Waals surface area contributed by atoms with E-state index in [-0.39, 0.29) is 5.69 Å². The lowest BCUT2D eigenvalue weighted by atomic mass is 10.2. The average Bonchev–Trinajstić information content (AvgIpc) is 3.06. The molecular weight excluding hydrogens is 288 g/mol. The molecule has 0 bridgehead atoms. The highest BCUT2D eigenvalue weighted by Crippen LogP contribution is 2.28. The molecule has 0 aliphatic rings. The number of benzene rings is 1. The van der Waals surface area contributed by atoms with Gasteiger partial charge in [0.25, 0.3) is 0 Å². The van der Waals surface area contributed by atoms with Gasteiger partial charge >= 0.3 is 0 Å². The van der Waals surface area contributed by atoms with Crippen molar-refractivity contribution in [3.05, 3.63) is 40.7 Å². The van der Waals surface area contributed by atoms with Crippen LogP contribution in [0.4, 0.5) is 0 Å². The summed E-state index contributed by atoms with van der Waals surface area (Å²) in [6.45, 7) is 1.93. The SMILES string of the molecule is Cc1c(-c2n[nH]nc2C#N)nc(-c2ccc(Cl)cc2)n1C. The van der Waals surface area contributed by atoms with Gasteiger partial charge in [-0.05, 0) is 31.2 Å². The minimum Gasteiger partial charge on any atom is -0.331 e. The van der Waals surface area contributed by atoms with Gasteiger partial charge in [0.1, 0.15) is 17.6 Å². The Morgan fingerprint density at radius 2 is 1.90 bits per heavy atom. The largest absolute Gasteiger partial charge is 0.331 e. The highest BCUT2D eigenvalue weighted by molar-refractivity contribution is 6.30. The molecule has 0 atom stereocenters. The second-order valence-corrected chi connectivity index (χ2v) is 5.00. The molecule has 0 spiro atoms. The van der Waals surface area contributed by atoms with Crippen molar-refractivity contribution in [2.45, 2.75) is 6.92 Å². The van der Waals surface area contributed by atoms with Crippen molar-refractivity contribution in [2.24, 2.45) is 7.05 Å². The molecule has 0 radical (unpaired) electrons. The zero-order valence-corrected chi connectivity index (χ0v) is 12.2. The van der Waals surface area contributed by atoms with E-state index in [0.29, 0.717) is 16.4 Å². The summed E-state index contributed by atoms with van der Waals surface area (Å²) >= 11 is 5.91. The van der Waals surface area contributed by atoms with E-state index in [1.165, 1.54) is 0 Å². The number of nitrogens with one attached hydrogen (secondary N) is 1. The summed E-state index contributed by atoms with van der Waals surface area (Å²) < 4.78 is 1.95. The average molecular weight is 299 g/mol. The van der Waals surface area contributed by atoms with Gasteiger partial charge in [-0.15, -0.1) is 5.10 Å². The lowest BCUT2D eigenvalue weighted by Gasteiger charge is -2.02. The fraction of sp³-hybridized carbons (Fsp3) is 0.143. The van der Waals surface area contributed by atoms with E-state index < -0.39 is 0 Å². The minimum atomic E-state index is 0.235. The van der Waals surface area contributed by atoms with Gasteiger partial charge in [0.05, 0.1) is 0 Å². The summed E-state index contributed by atoms with van der Waals surface area (Å²) in [6, 6.07) is 9.45. The van der Waals surface area contributed by atoms with E-state index in [0.717, 1.165) is 17.1 Å². The molecular formula is C14H11ClN6. The van der Waals surface area contributed by atoms with Gasteiger partial charge in [-0.25, -0.2) is 4.98 Å². The molecule has 0 saturated carbocycles. The maximum atomic E-state index is 9.06. The molecule has 7 heteroatoms. The monoisotopic (exact) mass is 298 g/mol. The molecule has 21 heavy (non-hydrogen) atoms. The van der Waals surface area contributed by atoms with Gasteiger partial charge in [0, 0.05) is 23.3 Å². The number of nitriles is 1. The number of hydrogen-bond donors (Lipinski definition) is 1. The Bertz CT molecular complexity index is 837. The van der Waals surface area contributed by atoms with Crippen molar-refractivity contribution in [3.8, 4) is 28.8 Å². The Morgan fingerprint density at radius 3 is 2.57 bits per heavy atom. The van der Waals surface area contributed by atoms with Crippen LogP contribution in [-0.2, 0) is 7.05 Å². The van der Waals surface area contributed by atoms with E-state index in [1.807, 2.05) is 48.9 Å². The fourth-order valence-corrected chi connectivity index (χ4v) is 2.26. The molecule has 1 aromatic carbocycles. The minimum absolute atomic E-state index is 0.235. The maximum absolute atomic E-state index is 9.06. The van der Waals surface area contributed by atoms with Gasteiger partial charge in [0.2, 0.25) is 0 Å². The predicted molar refractivity (Wildman–Crippen MR) is 78.5 cm³/mol. The Hall–Kier alpha value is -2.65. The van der Waals surface area contributed by atoms with E-state index in [4.69, 9.17) is 16.9 Å². The second kappa shape index (κ2) is 5.04. The maximum Gasteiger partial charge on any atom is 0.192 e. The van der Waals surface area contributed by atoms with E-state index >= 15 is 0 Å². The van der Waals surface area contributed by atoms with E-state index in [2.05, 4.69) is 20.4 Å². The second-order valence-electron chi connectivity index (χ2n) is 4.57. The first-order chi connectivity index (χ1) is 10.1. The number of aromatic amines is 1. The molecule has 0 unspecified atom stereocenters. The number of nitrogens with zero attached hydrogens (tertiary/aromatic N) is 5. The molecule has 0 aliphatic heterocycles. The molecule has 2 heterocycles. The molecule has 2 aromatic heterocycles. The first-order valence-corrected chi connectivity index (χ1v) is 6.60. The molecule has 0 amide bonds. The van der Waals surface area contributed by atoms with Crippen LogP contribution in [0.5, 0.6) is 0 Å². The van der Waals surface area contributed by atoms with Crippen molar-refractivity contribution in [1.29, 1.82) is 5.26 Å². The molecule has 0 saturated heterocycles. The number of H-pyrrole nitrogens is 1. The van der Waals surface area contributed by atoms with Crippen molar-refractivity contribution in [3.63, 3.8) is 0 Å². The van der Waals surface area contributed by atoms with Crippen LogP contribution in [0, 0.1) is 18.3 Å². The molecule has 1 N–H and O–H groups in total. The highest BCUT2D eigenvalue weighted by Gasteiger charge is 2.19. The van der Waals surface area contributed by atoms with Crippen LogP contribution in [0.25, 0.3) is 22.8 Å².